The lowest BCUT2D eigenvalue weighted by Gasteiger charge is -2.29. The van der Waals surface area contributed by atoms with Gasteiger partial charge in [-0.3, -0.25) is 0 Å². The Morgan fingerprint density at radius 1 is 0.189 bits per heavy atom. The van der Waals surface area contributed by atoms with Crippen LogP contribution in [0.15, 0.2) is 267 Å². The van der Waals surface area contributed by atoms with Crippen LogP contribution in [-0.4, -0.2) is 0 Å². The maximum absolute atomic E-state index is 6.52. The minimum Gasteiger partial charge on any atom is -0.309 e. The van der Waals surface area contributed by atoms with Crippen molar-refractivity contribution in [2.45, 2.75) is 0 Å². The van der Waals surface area contributed by atoms with Crippen LogP contribution in [0.1, 0.15) is 44.5 Å². The lowest BCUT2D eigenvalue weighted by atomic mass is 9.85. The van der Waals surface area contributed by atoms with Crippen LogP contribution in [-0.2, 0) is 0 Å². The van der Waals surface area contributed by atoms with Crippen LogP contribution in [0.4, 0.5) is 34.1 Å². The Hall–Kier alpha value is -13.3. The molecule has 0 unspecified atom stereocenters. The highest BCUT2D eigenvalue weighted by Crippen LogP contribution is 2.46. The molecule has 0 fully saturated rings. The van der Waals surface area contributed by atoms with Gasteiger partial charge in [0.2, 0.25) is 0 Å². The summed E-state index contributed by atoms with van der Waals surface area (Å²) in [5, 5.41) is 0. The van der Waals surface area contributed by atoms with E-state index in [9.17, 15) is 0 Å². The average molecular weight is 1140 g/mol. The first-order valence-electron chi connectivity index (χ1n) is 29.0. The molecule has 12 aromatic carbocycles. The normalized spacial score (nSPS) is 10.4. The van der Waals surface area contributed by atoms with Crippen LogP contribution < -0.4 is 9.80 Å². The molecule has 0 amide bonds. The number of hydrogen-bond acceptors (Lipinski definition) is 2. The molecule has 0 aliphatic rings. The van der Waals surface area contributed by atoms with Gasteiger partial charge in [-0.1, -0.05) is 199 Å². The second kappa shape index (κ2) is 25.5. The molecule has 2 nitrogen and oxygen atoms in total. The number of para-hydroxylation sites is 1. The van der Waals surface area contributed by atoms with Gasteiger partial charge in [-0.15, -0.1) is 51.4 Å². The number of rotatable bonds is 13. The predicted molar refractivity (Wildman–Crippen MR) is 377 cm³/mol. The molecular weight excluding hydrogens is 1080 g/mol. The summed E-state index contributed by atoms with van der Waals surface area (Å²) < 4.78 is 0. The third kappa shape index (κ3) is 11.0. The largest absolute Gasteiger partial charge is 0.309 e. The van der Waals surface area contributed by atoms with Crippen LogP contribution >= 0.6 is 0 Å². The fraction of sp³-hybridized carbons (Fsp3) is 0. The summed E-state index contributed by atoms with van der Waals surface area (Å²) in [6.07, 6.45) is 49.8. The van der Waals surface area contributed by atoms with Gasteiger partial charge in [0, 0.05) is 56.1 Å². The Labute approximate surface area is 528 Å². The monoisotopic (exact) mass is 1140 g/mol. The van der Waals surface area contributed by atoms with E-state index < -0.39 is 0 Å². The fourth-order valence-electron chi connectivity index (χ4n) is 11.8. The van der Waals surface area contributed by atoms with Gasteiger partial charge in [0.25, 0.3) is 0 Å². The standard InChI is InChI=1S/C88H52N2/c1-9-61-34-26-40-83(79(61)13-5)85-53-48-69(60-86(85)84-41-27-35-62(10-2)80(84)14-6)73-57-74(72-55-70(65-30-20-17-21-31-65)54-71(56-72)66-32-22-18-23-33-66)59-78(58-73)90(88-43-29-37-64(12-4)82(88)16-8)77-51-46-68(47-52-77)67-44-49-76(50-45-67)89(75-38-24-19-25-39-75)87-42-28-36-63(11-3)81(87)15-7/h1-8,17-60H. The maximum Gasteiger partial charge on any atom is 0.0639 e. The van der Waals surface area contributed by atoms with Gasteiger partial charge in [0.15, 0.2) is 0 Å². The molecule has 0 bridgehead atoms. The lowest BCUT2D eigenvalue weighted by Crippen LogP contribution is -2.13. The van der Waals surface area contributed by atoms with E-state index in [4.69, 9.17) is 51.4 Å². The smallest absolute Gasteiger partial charge is 0.0639 e. The summed E-state index contributed by atoms with van der Waals surface area (Å²) in [6.45, 7) is 0. The molecule has 0 radical (unpaired) electrons. The van der Waals surface area contributed by atoms with Crippen LogP contribution in [0, 0.1) is 98.8 Å². The molecule has 0 saturated heterocycles. The Balaban J connectivity index is 1.08. The molecule has 414 valence electrons. The Kier molecular flexibility index (Phi) is 16.2. The second-order valence-electron chi connectivity index (χ2n) is 21.2. The summed E-state index contributed by atoms with van der Waals surface area (Å²) >= 11 is 0. The highest BCUT2D eigenvalue weighted by atomic mass is 15.1. The molecule has 90 heavy (non-hydrogen) atoms. The van der Waals surface area contributed by atoms with Gasteiger partial charge in [0.1, 0.15) is 0 Å². The minimum atomic E-state index is 0.563. The zero-order valence-corrected chi connectivity index (χ0v) is 48.9. The van der Waals surface area contributed by atoms with Crippen molar-refractivity contribution in [3.8, 4) is 177 Å². The highest BCUT2D eigenvalue weighted by Gasteiger charge is 2.24. The third-order valence-electron chi connectivity index (χ3n) is 16.1. The van der Waals surface area contributed by atoms with E-state index in [0.717, 1.165) is 106 Å². The van der Waals surface area contributed by atoms with Crippen LogP contribution in [0.2, 0.25) is 0 Å². The zero-order valence-electron chi connectivity index (χ0n) is 48.9. The highest BCUT2D eigenvalue weighted by molar-refractivity contribution is 5.95. The Morgan fingerprint density at radius 3 is 0.933 bits per heavy atom. The van der Waals surface area contributed by atoms with Crippen molar-refractivity contribution in [2.75, 3.05) is 9.80 Å². The van der Waals surface area contributed by atoms with E-state index in [1.54, 1.807) is 0 Å². The molecule has 0 aromatic heterocycles. The van der Waals surface area contributed by atoms with Gasteiger partial charge in [0.05, 0.1) is 22.5 Å². The van der Waals surface area contributed by atoms with Crippen LogP contribution in [0.3, 0.4) is 0 Å². The van der Waals surface area contributed by atoms with Gasteiger partial charge in [-0.05, 0) is 193 Å². The lowest BCUT2D eigenvalue weighted by molar-refractivity contribution is 1.27. The first-order chi connectivity index (χ1) is 44.3. The number of terminal acetylenes is 8. The summed E-state index contributed by atoms with van der Waals surface area (Å²) in [5.41, 5.74) is 22.9. The van der Waals surface area contributed by atoms with Gasteiger partial charge in [-0.2, -0.15) is 0 Å². The van der Waals surface area contributed by atoms with E-state index in [1.165, 1.54) is 0 Å². The number of benzene rings is 12. The molecule has 0 saturated carbocycles. The molecular formula is C88H52N2. The van der Waals surface area contributed by atoms with Gasteiger partial charge < -0.3 is 9.80 Å². The topological polar surface area (TPSA) is 6.48 Å². The number of anilines is 6. The molecule has 0 aliphatic carbocycles. The van der Waals surface area contributed by atoms with E-state index in [2.05, 4.69) is 221 Å². The van der Waals surface area contributed by atoms with E-state index in [-0.39, 0.29) is 0 Å². The number of nitrogens with zero attached hydrogens (tertiary/aromatic N) is 2. The Morgan fingerprint density at radius 2 is 0.511 bits per heavy atom. The minimum absolute atomic E-state index is 0.563. The molecule has 12 rings (SSSR count). The van der Waals surface area contributed by atoms with Crippen molar-refractivity contribution < 1.29 is 0 Å². The van der Waals surface area contributed by atoms with Crippen molar-refractivity contribution >= 4 is 34.1 Å². The van der Waals surface area contributed by atoms with Crippen molar-refractivity contribution in [3.63, 3.8) is 0 Å². The van der Waals surface area contributed by atoms with Crippen molar-refractivity contribution in [1.29, 1.82) is 0 Å². The maximum atomic E-state index is 6.52. The number of hydrogen-bond donors (Lipinski definition) is 0. The van der Waals surface area contributed by atoms with Crippen molar-refractivity contribution in [2.24, 2.45) is 0 Å². The molecule has 2 heteroatoms. The van der Waals surface area contributed by atoms with Crippen LogP contribution in [0.5, 0.6) is 0 Å². The van der Waals surface area contributed by atoms with Crippen LogP contribution in [0.25, 0.3) is 77.9 Å². The molecule has 0 spiro atoms. The van der Waals surface area contributed by atoms with Gasteiger partial charge in [-0.25, -0.2) is 0 Å². The second-order valence-corrected chi connectivity index (χ2v) is 21.2. The zero-order chi connectivity index (χ0) is 62.1. The molecule has 12 aromatic rings. The van der Waals surface area contributed by atoms with Crippen molar-refractivity contribution in [3.05, 3.63) is 311 Å². The third-order valence-corrected chi connectivity index (χ3v) is 16.1. The summed E-state index contributed by atoms with van der Waals surface area (Å²) in [7, 11) is 0. The Bertz CT molecular complexity index is 5070. The van der Waals surface area contributed by atoms with E-state index in [1.807, 2.05) is 103 Å². The fourth-order valence-corrected chi connectivity index (χ4v) is 11.8. The quantitative estimate of drug-likeness (QED) is 0.106. The average Bonchev–Trinajstić information content (AvgIpc) is 2.30. The first kappa shape index (κ1) is 57.2. The van der Waals surface area contributed by atoms with E-state index in [0.29, 0.717) is 50.2 Å². The summed E-state index contributed by atoms with van der Waals surface area (Å²) in [4.78, 5) is 4.32. The molecule has 0 N–H and O–H groups in total. The molecule has 0 heterocycles. The SMILES string of the molecule is C#Cc1cccc(-c2ccc(-c3cc(-c4cc(-c5ccccc5)cc(-c5ccccc5)c4)cc(N(c4ccc(-c5ccc(N(c6ccccc6)c6cccc(C#C)c6C#C)cc5)cc4)c4cccc(C#C)c4C#C)c3)cc2-c2cccc(C#C)c2C#C)c1C#C. The molecule has 0 aliphatic heterocycles. The predicted octanol–water partition coefficient (Wildman–Crippen LogP) is 20.1. The van der Waals surface area contributed by atoms with E-state index >= 15 is 0 Å². The van der Waals surface area contributed by atoms with Crippen molar-refractivity contribution in [1.82, 2.24) is 0 Å². The summed E-state index contributed by atoms with van der Waals surface area (Å²) in [6, 6.07) is 90.8. The summed E-state index contributed by atoms with van der Waals surface area (Å²) in [5.74, 6) is 22.9. The molecule has 0 atom stereocenters. The first-order valence-corrected chi connectivity index (χ1v) is 29.0. The van der Waals surface area contributed by atoms with Gasteiger partial charge >= 0.3 is 0 Å².